The number of phosphoric ester groups is 1. The van der Waals surface area contributed by atoms with Gasteiger partial charge in [0.05, 0.1) is 39.9 Å². The van der Waals surface area contributed by atoms with Crippen LogP contribution in [0.5, 0.6) is 0 Å². The highest BCUT2D eigenvalue weighted by atomic mass is 31.2. The fourth-order valence-corrected chi connectivity index (χ4v) is 10.9. The van der Waals surface area contributed by atoms with E-state index >= 15 is 0 Å². The van der Waals surface area contributed by atoms with Gasteiger partial charge in [-0.3, -0.25) is 9.36 Å². The molecular formula is C64H129N2O6P. The first kappa shape index (κ1) is 72.2. The van der Waals surface area contributed by atoms with Crippen LogP contribution in [-0.2, 0) is 18.4 Å². The number of hydrogen-bond donors (Lipinski definition) is 2. The molecule has 0 aliphatic rings. The van der Waals surface area contributed by atoms with Crippen molar-refractivity contribution < 1.29 is 32.9 Å². The Labute approximate surface area is 456 Å². The van der Waals surface area contributed by atoms with Crippen molar-refractivity contribution in [2.75, 3.05) is 40.9 Å². The maximum atomic E-state index is 13.0. The molecule has 0 aliphatic carbocycles. The second kappa shape index (κ2) is 56.0. The van der Waals surface area contributed by atoms with Gasteiger partial charge >= 0.3 is 0 Å². The third kappa shape index (κ3) is 58.8. The van der Waals surface area contributed by atoms with Crippen LogP contribution in [0.3, 0.4) is 0 Å². The lowest BCUT2D eigenvalue weighted by Crippen LogP contribution is -2.45. The molecule has 0 radical (unpaired) electrons. The quantitative estimate of drug-likeness (QED) is 0.0272. The minimum absolute atomic E-state index is 0.00284. The number of hydrogen-bond acceptors (Lipinski definition) is 6. The van der Waals surface area contributed by atoms with Crippen molar-refractivity contribution in [3.05, 3.63) is 12.2 Å². The summed E-state index contributed by atoms with van der Waals surface area (Å²) in [5.74, 6) is -0.188. The summed E-state index contributed by atoms with van der Waals surface area (Å²) in [5.41, 5.74) is 0. The fraction of sp³-hybridized carbons (Fsp3) is 0.953. The number of allylic oxidation sites excluding steroid dienone is 1. The SMILES string of the molecule is CCCCCCCCCCCCCCCCCCCC/C=C/C(O)C(COP(=O)([O-])OCC[N+](C)(C)C)NC(=O)CCCCCCCCCCCCCCCCCCCCCCCCCCCCCCCCC. The van der Waals surface area contributed by atoms with Crippen LogP contribution < -0.4 is 10.2 Å². The molecule has 2 N–H and O–H groups in total. The summed E-state index contributed by atoms with van der Waals surface area (Å²) in [6.45, 7) is 4.71. The van der Waals surface area contributed by atoms with E-state index in [4.69, 9.17) is 9.05 Å². The first-order chi connectivity index (χ1) is 35.5. The number of rotatable bonds is 61. The van der Waals surface area contributed by atoms with Gasteiger partial charge in [0.2, 0.25) is 5.91 Å². The van der Waals surface area contributed by atoms with Crippen LogP contribution in [-0.4, -0.2) is 68.5 Å². The molecule has 9 heteroatoms. The fourth-order valence-electron chi connectivity index (χ4n) is 10.2. The van der Waals surface area contributed by atoms with Gasteiger partial charge in [0.1, 0.15) is 13.2 Å². The molecular weight excluding hydrogens is 924 g/mol. The van der Waals surface area contributed by atoms with Gasteiger partial charge in [-0.2, -0.15) is 0 Å². The molecule has 8 nitrogen and oxygen atoms in total. The van der Waals surface area contributed by atoms with Crippen molar-refractivity contribution in [2.45, 2.75) is 353 Å². The van der Waals surface area contributed by atoms with Crippen molar-refractivity contribution >= 4 is 13.7 Å². The lowest BCUT2D eigenvalue weighted by Gasteiger charge is -2.29. The van der Waals surface area contributed by atoms with Crippen LogP contribution in [0.1, 0.15) is 341 Å². The van der Waals surface area contributed by atoms with E-state index in [1.165, 1.54) is 283 Å². The van der Waals surface area contributed by atoms with Crippen molar-refractivity contribution in [1.29, 1.82) is 0 Å². The normalized spacial score (nSPS) is 13.8. The number of phosphoric acid groups is 1. The molecule has 0 rings (SSSR count). The summed E-state index contributed by atoms with van der Waals surface area (Å²) >= 11 is 0. The molecule has 0 heterocycles. The first-order valence-corrected chi connectivity index (χ1v) is 34.0. The van der Waals surface area contributed by atoms with Gasteiger partial charge in [-0.25, -0.2) is 0 Å². The Bertz CT molecular complexity index is 1200. The van der Waals surface area contributed by atoms with Gasteiger partial charge in [0.25, 0.3) is 7.82 Å². The Morgan fingerprint density at radius 3 is 1.03 bits per heavy atom. The predicted octanol–water partition coefficient (Wildman–Crippen LogP) is 19.5. The second-order valence-electron chi connectivity index (χ2n) is 23.8. The molecule has 436 valence electrons. The van der Waals surface area contributed by atoms with Crippen molar-refractivity contribution in [3.63, 3.8) is 0 Å². The number of nitrogens with one attached hydrogen (secondary N) is 1. The molecule has 73 heavy (non-hydrogen) atoms. The third-order valence-corrected chi connectivity index (χ3v) is 16.2. The van der Waals surface area contributed by atoms with Crippen LogP contribution in [0.15, 0.2) is 12.2 Å². The van der Waals surface area contributed by atoms with Gasteiger partial charge in [0, 0.05) is 6.42 Å². The number of aliphatic hydroxyl groups is 1. The minimum Gasteiger partial charge on any atom is -0.756 e. The van der Waals surface area contributed by atoms with E-state index in [2.05, 4.69) is 19.2 Å². The Morgan fingerprint density at radius 1 is 0.466 bits per heavy atom. The van der Waals surface area contributed by atoms with Gasteiger partial charge in [-0.15, -0.1) is 0 Å². The molecule has 0 spiro atoms. The van der Waals surface area contributed by atoms with Gasteiger partial charge in [-0.1, -0.05) is 328 Å². The highest BCUT2D eigenvalue weighted by molar-refractivity contribution is 7.45. The van der Waals surface area contributed by atoms with Crippen molar-refractivity contribution in [3.8, 4) is 0 Å². The van der Waals surface area contributed by atoms with Crippen LogP contribution in [0, 0.1) is 0 Å². The van der Waals surface area contributed by atoms with E-state index in [1.54, 1.807) is 6.08 Å². The van der Waals surface area contributed by atoms with Crippen molar-refractivity contribution in [1.82, 2.24) is 5.32 Å². The molecule has 0 bridgehead atoms. The van der Waals surface area contributed by atoms with Gasteiger partial charge < -0.3 is 28.8 Å². The summed E-state index contributed by atoms with van der Waals surface area (Å²) in [5, 5.41) is 13.9. The first-order valence-electron chi connectivity index (χ1n) is 32.6. The minimum atomic E-state index is -4.60. The zero-order chi connectivity index (χ0) is 53.5. The lowest BCUT2D eigenvalue weighted by molar-refractivity contribution is -0.870. The zero-order valence-corrected chi connectivity index (χ0v) is 50.8. The maximum absolute atomic E-state index is 13.0. The zero-order valence-electron chi connectivity index (χ0n) is 49.9. The molecule has 0 aromatic heterocycles. The Kier molecular flexibility index (Phi) is 55.4. The monoisotopic (exact) mass is 1050 g/mol. The number of amides is 1. The highest BCUT2D eigenvalue weighted by Gasteiger charge is 2.23. The summed E-state index contributed by atoms with van der Waals surface area (Å²) in [7, 11) is 1.28. The predicted molar refractivity (Wildman–Crippen MR) is 316 cm³/mol. The standard InChI is InChI=1S/C64H129N2O6P/c1-6-8-10-12-14-16-18-20-22-24-26-28-29-30-31-32-33-34-35-36-37-38-40-42-44-46-48-50-52-54-56-58-64(68)65-62(61-72-73(69,70)71-60-59-66(3,4)5)63(67)57-55-53-51-49-47-45-43-41-39-27-25-23-21-19-17-15-13-11-9-7-2/h55,57,62-63,67H,6-54,56,58-61H2,1-5H3,(H-,65,68,69,70)/b57-55+. The topological polar surface area (TPSA) is 108 Å². The third-order valence-electron chi connectivity index (χ3n) is 15.2. The number of aliphatic hydroxyl groups excluding tert-OH is 1. The molecule has 1 amide bonds. The number of nitrogens with zero attached hydrogens (tertiary/aromatic N) is 1. The Balaban J connectivity index is 4.03. The molecule has 3 atom stereocenters. The lowest BCUT2D eigenvalue weighted by atomic mass is 10.0. The number of quaternary nitrogens is 1. The number of likely N-dealkylation sites (N-methyl/N-ethyl adjacent to an activating group) is 1. The average Bonchev–Trinajstić information content (AvgIpc) is 3.35. The smallest absolute Gasteiger partial charge is 0.268 e. The van der Waals surface area contributed by atoms with Crippen molar-refractivity contribution in [2.24, 2.45) is 0 Å². The van der Waals surface area contributed by atoms with E-state index in [1.807, 2.05) is 27.2 Å². The van der Waals surface area contributed by atoms with E-state index in [-0.39, 0.29) is 19.1 Å². The molecule has 0 saturated heterocycles. The van der Waals surface area contributed by atoms with E-state index < -0.39 is 20.0 Å². The number of carbonyl (C=O) groups excluding carboxylic acids is 1. The van der Waals surface area contributed by atoms with Gasteiger partial charge in [0.15, 0.2) is 0 Å². The number of unbranched alkanes of at least 4 members (excludes halogenated alkanes) is 48. The summed E-state index contributed by atoms with van der Waals surface area (Å²) < 4.78 is 23.4. The summed E-state index contributed by atoms with van der Waals surface area (Å²) in [6.07, 6.45) is 70.3. The average molecular weight is 1050 g/mol. The van der Waals surface area contributed by atoms with Crippen LogP contribution in [0.25, 0.3) is 0 Å². The molecule has 0 aromatic rings. The van der Waals surface area contributed by atoms with E-state index in [9.17, 15) is 19.4 Å². The summed E-state index contributed by atoms with van der Waals surface area (Å²) in [6, 6.07) is -0.883. The molecule has 0 aromatic carbocycles. The Hall–Kier alpha value is -0.760. The van der Waals surface area contributed by atoms with Crippen LogP contribution in [0.2, 0.25) is 0 Å². The van der Waals surface area contributed by atoms with Gasteiger partial charge in [-0.05, 0) is 19.3 Å². The van der Waals surface area contributed by atoms with Crippen LogP contribution >= 0.6 is 7.82 Å². The molecule has 3 unspecified atom stereocenters. The molecule has 0 fully saturated rings. The Morgan fingerprint density at radius 2 is 0.740 bits per heavy atom. The van der Waals surface area contributed by atoms with E-state index in [0.717, 1.165) is 38.5 Å². The largest absolute Gasteiger partial charge is 0.756 e. The second-order valence-corrected chi connectivity index (χ2v) is 25.2. The van der Waals surface area contributed by atoms with E-state index in [0.29, 0.717) is 17.4 Å². The van der Waals surface area contributed by atoms with Crippen LogP contribution in [0.4, 0.5) is 0 Å². The molecule has 0 saturated carbocycles. The molecule has 0 aliphatic heterocycles. The maximum Gasteiger partial charge on any atom is 0.268 e. The summed E-state index contributed by atoms with van der Waals surface area (Å²) in [4.78, 5) is 25.6. The number of carbonyl (C=O) groups is 1. The highest BCUT2D eigenvalue weighted by Crippen LogP contribution is 2.38.